The standard InChI is InChI=1S/C18H23FN6O.HI/c1-20-18(23-9-14-26-17-15(19)5-4-8-22-17)25-12-10-24(11-13-25)16-6-2-3-7-21-16;/h2-8H,9-14H2,1H3,(H,20,23);1H. The number of aliphatic imine (C=N–C) groups is 1. The fraction of sp³-hybridized carbons (Fsp3) is 0.389. The van der Waals surface area contributed by atoms with Crippen LogP contribution < -0.4 is 15.0 Å². The summed E-state index contributed by atoms with van der Waals surface area (Å²) in [6.07, 6.45) is 3.32. The first-order chi connectivity index (χ1) is 12.8. The molecule has 1 saturated heterocycles. The summed E-state index contributed by atoms with van der Waals surface area (Å²) in [5, 5.41) is 3.25. The SMILES string of the molecule is CN=C(NCCOc1ncccc1F)N1CCN(c2ccccn2)CC1.I. The maximum atomic E-state index is 13.5. The lowest BCUT2D eigenvalue weighted by Crippen LogP contribution is -2.53. The van der Waals surface area contributed by atoms with Gasteiger partial charge in [-0.25, -0.2) is 14.4 Å². The van der Waals surface area contributed by atoms with Gasteiger partial charge >= 0.3 is 0 Å². The van der Waals surface area contributed by atoms with E-state index < -0.39 is 5.82 Å². The average molecular weight is 486 g/mol. The molecular weight excluding hydrogens is 462 g/mol. The molecule has 0 atom stereocenters. The van der Waals surface area contributed by atoms with Crippen LogP contribution in [-0.2, 0) is 0 Å². The third kappa shape index (κ3) is 5.91. The molecule has 1 N–H and O–H groups in total. The van der Waals surface area contributed by atoms with E-state index in [1.54, 1.807) is 7.05 Å². The van der Waals surface area contributed by atoms with Gasteiger partial charge in [0.2, 0.25) is 5.88 Å². The molecule has 146 valence electrons. The maximum absolute atomic E-state index is 13.5. The molecule has 0 aromatic carbocycles. The summed E-state index contributed by atoms with van der Waals surface area (Å²) in [4.78, 5) is 17.0. The lowest BCUT2D eigenvalue weighted by molar-refractivity contribution is 0.288. The topological polar surface area (TPSA) is 65.9 Å². The zero-order valence-electron chi connectivity index (χ0n) is 15.2. The molecule has 0 amide bonds. The molecule has 3 heterocycles. The van der Waals surface area contributed by atoms with Gasteiger partial charge in [0, 0.05) is 45.6 Å². The van der Waals surface area contributed by atoms with Crippen LogP contribution in [0.4, 0.5) is 10.2 Å². The van der Waals surface area contributed by atoms with E-state index in [1.165, 1.54) is 18.3 Å². The summed E-state index contributed by atoms with van der Waals surface area (Å²) in [6, 6.07) is 8.81. The molecule has 0 saturated carbocycles. The van der Waals surface area contributed by atoms with Crippen LogP contribution in [0, 0.1) is 5.82 Å². The highest BCUT2D eigenvalue weighted by molar-refractivity contribution is 14.0. The van der Waals surface area contributed by atoms with Crippen molar-refractivity contribution in [2.24, 2.45) is 4.99 Å². The van der Waals surface area contributed by atoms with Crippen LogP contribution in [0.3, 0.4) is 0 Å². The van der Waals surface area contributed by atoms with Crippen molar-refractivity contribution in [2.45, 2.75) is 0 Å². The zero-order chi connectivity index (χ0) is 18.2. The van der Waals surface area contributed by atoms with Gasteiger partial charge in [0.25, 0.3) is 0 Å². The van der Waals surface area contributed by atoms with E-state index in [9.17, 15) is 4.39 Å². The Bertz CT molecular complexity index is 725. The third-order valence-corrected chi connectivity index (χ3v) is 4.11. The molecule has 9 heteroatoms. The van der Waals surface area contributed by atoms with Crippen molar-refractivity contribution in [3.8, 4) is 5.88 Å². The first-order valence-electron chi connectivity index (χ1n) is 8.63. The summed E-state index contributed by atoms with van der Waals surface area (Å²) in [6.45, 7) is 4.29. The number of guanidine groups is 1. The molecule has 7 nitrogen and oxygen atoms in total. The fourth-order valence-electron chi connectivity index (χ4n) is 2.81. The molecule has 0 spiro atoms. The van der Waals surface area contributed by atoms with Gasteiger partial charge in [0.05, 0.1) is 6.54 Å². The van der Waals surface area contributed by atoms with E-state index in [4.69, 9.17) is 4.74 Å². The number of hydrogen-bond acceptors (Lipinski definition) is 5. The Kier molecular flexibility index (Phi) is 8.49. The van der Waals surface area contributed by atoms with Gasteiger partial charge in [0.15, 0.2) is 11.8 Å². The number of nitrogens with one attached hydrogen (secondary N) is 1. The largest absolute Gasteiger partial charge is 0.474 e. The molecule has 27 heavy (non-hydrogen) atoms. The zero-order valence-corrected chi connectivity index (χ0v) is 17.5. The monoisotopic (exact) mass is 486 g/mol. The quantitative estimate of drug-likeness (QED) is 0.302. The van der Waals surface area contributed by atoms with Gasteiger partial charge in [-0.05, 0) is 24.3 Å². The second kappa shape index (κ2) is 10.9. The van der Waals surface area contributed by atoms with E-state index in [-0.39, 0.29) is 29.9 Å². The molecule has 2 aromatic heterocycles. The van der Waals surface area contributed by atoms with Crippen LogP contribution in [0.15, 0.2) is 47.7 Å². The fourth-order valence-corrected chi connectivity index (χ4v) is 2.81. The van der Waals surface area contributed by atoms with E-state index in [1.807, 2.05) is 24.4 Å². The van der Waals surface area contributed by atoms with Gasteiger partial charge < -0.3 is 19.9 Å². The second-order valence-electron chi connectivity index (χ2n) is 5.77. The van der Waals surface area contributed by atoms with E-state index >= 15 is 0 Å². The number of hydrogen-bond donors (Lipinski definition) is 1. The van der Waals surface area contributed by atoms with Crippen LogP contribution >= 0.6 is 24.0 Å². The number of halogens is 2. The number of piperazine rings is 1. The van der Waals surface area contributed by atoms with Crippen molar-refractivity contribution >= 4 is 35.8 Å². The number of nitrogens with zero attached hydrogens (tertiary/aromatic N) is 5. The Morgan fingerprint density at radius 1 is 1.15 bits per heavy atom. The second-order valence-corrected chi connectivity index (χ2v) is 5.77. The number of anilines is 1. The molecule has 1 fully saturated rings. The van der Waals surface area contributed by atoms with Gasteiger partial charge in [-0.3, -0.25) is 4.99 Å². The molecule has 2 aromatic rings. The predicted octanol–water partition coefficient (Wildman–Crippen LogP) is 2.01. The molecule has 0 unspecified atom stereocenters. The minimum absolute atomic E-state index is 0. The molecule has 1 aliphatic heterocycles. The normalized spacial score (nSPS) is 14.5. The van der Waals surface area contributed by atoms with E-state index in [0.717, 1.165) is 38.0 Å². The summed E-state index contributed by atoms with van der Waals surface area (Å²) in [5.41, 5.74) is 0. The predicted molar refractivity (Wildman–Crippen MR) is 114 cm³/mol. The van der Waals surface area contributed by atoms with Crippen molar-refractivity contribution < 1.29 is 9.13 Å². The van der Waals surface area contributed by atoms with Crippen LogP contribution in [0.2, 0.25) is 0 Å². The molecular formula is C18H24FIN6O. The van der Waals surface area contributed by atoms with Crippen molar-refractivity contribution in [3.05, 3.63) is 48.5 Å². The van der Waals surface area contributed by atoms with E-state index in [2.05, 4.69) is 30.1 Å². The molecule has 0 aliphatic carbocycles. The number of ether oxygens (including phenoxy) is 1. The van der Waals surface area contributed by atoms with Crippen LogP contribution in [0.5, 0.6) is 5.88 Å². The highest BCUT2D eigenvalue weighted by Gasteiger charge is 2.20. The van der Waals surface area contributed by atoms with E-state index in [0.29, 0.717) is 13.2 Å². The average Bonchev–Trinajstić information content (AvgIpc) is 2.70. The summed E-state index contributed by atoms with van der Waals surface area (Å²) in [5.74, 6) is 1.38. The van der Waals surface area contributed by atoms with Crippen molar-refractivity contribution in [2.75, 3.05) is 51.3 Å². The summed E-state index contributed by atoms with van der Waals surface area (Å²) in [7, 11) is 1.76. The minimum Gasteiger partial charge on any atom is -0.474 e. The molecule has 0 bridgehead atoms. The Hall–Kier alpha value is -2.17. The van der Waals surface area contributed by atoms with Crippen molar-refractivity contribution in [1.82, 2.24) is 20.2 Å². The Balaban J connectivity index is 0.00000261. The Labute approximate surface area is 175 Å². The summed E-state index contributed by atoms with van der Waals surface area (Å²) < 4.78 is 18.8. The first-order valence-corrected chi connectivity index (χ1v) is 8.63. The Morgan fingerprint density at radius 3 is 2.59 bits per heavy atom. The first kappa shape index (κ1) is 21.1. The lowest BCUT2D eigenvalue weighted by Gasteiger charge is -2.37. The molecule has 3 rings (SSSR count). The molecule has 1 aliphatic rings. The molecule has 0 radical (unpaired) electrons. The van der Waals surface area contributed by atoms with Crippen molar-refractivity contribution in [1.29, 1.82) is 0 Å². The van der Waals surface area contributed by atoms with Crippen LogP contribution in [0.25, 0.3) is 0 Å². The Morgan fingerprint density at radius 2 is 1.93 bits per heavy atom. The third-order valence-electron chi connectivity index (χ3n) is 4.11. The lowest BCUT2D eigenvalue weighted by atomic mass is 10.3. The number of pyridine rings is 2. The maximum Gasteiger partial charge on any atom is 0.250 e. The summed E-state index contributed by atoms with van der Waals surface area (Å²) >= 11 is 0. The number of aromatic nitrogens is 2. The minimum atomic E-state index is -0.456. The highest BCUT2D eigenvalue weighted by Crippen LogP contribution is 2.13. The highest BCUT2D eigenvalue weighted by atomic mass is 127. The van der Waals surface area contributed by atoms with Gasteiger partial charge in [-0.2, -0.15) is 0 Å². The number of rotatable bonds is 5. The van der Waals surface area contributed by atoms with Crippen molar-refractivity contribution in [3.63, 3.8) is 0 Å². The van der Waals surface area contributed by atoms with Crippen LogP contribution in [-0.4, -0.2) is 67.2 Å². The van der Waals surface area contributed by atoms with Gasteiger partial charge in [-0.15, -0.1) is 24.0 Å². The van der Waals surface area contributed by atoms with Gasteiger partial charge in [-0.1, -0.05) is 6.07 Å². The van der Waals surface area contributed by atoms with Crippen LogP contribution in [0.1, 0.15) is 0 Å². The smallest absolute Gasteiger partial charge is 0.250 e. The van der Waals surface area contributed by atoms with Gasteiger partial charge in [0.1, 0.15) is 12.4 Å².